The van der Waals surface area contributed by atoms with Crippen molar-refractivity contribution in [1.29, 1.82) is 0 Å². The molecule has 2 nitrogen and oxygen atoms in total. The van der Waals surface area contributed by atoms with E-state index >= 15 is 0 Å². The second-order valence-electron chi connectivity index (χ2n) is 2.79. The van der Waals surface area contributed by atoms with Gasteiger partial charge in [0.15, 0.2) is 0 Å². The van der Waals surface area contributed by atoms with E-state index in [1.165, 1.54) is 19.2 Å². The monoisotopic (exact) mass is 200 g/mol. The highest BCUT2D eigenvalue weighted by Crippen LogP contribution is 2.10. The van der Waals surface area contributed by atoms with Gasteiger partial charge < -0.3 is 4.74 Å². The Kier molecular flexibility index (Phi) is 3.71. The third-order valence-electron chi connectivity index (χ3n) is 1.75. The summed E-state index contributed by atoms with van der Waals surface area (Å²) in [7, 11) is 1.54. The topological polar surface area (TPSA) is 26.3 Å². The summed E-state index contributed by atoms with van der Waals surface area (Å²) in [4.78, 5) is 10.8. The lowest BCUT2D eigenvalue weighted by molar-refractivity contribution is 0.0678. The number of benzene rings is 1. The summed E-state index contributed by atoms with van der Waals surface area (Å²) in [6.45, 7) is 0.406. The number of ether oxygens (including phenoxy) is 1. The average Bonchev–Trinajstić information content (AvgIpc) is 2.18. The molecule has 0 aliphatic carbocycles. The number of carbonyl (C=O) groups is 1. The molecule has 0 heterocycles. The van der Waals surface area contributed by atoms with Gasteiger partial charge in [-0.2, -0.15) is 0 Å². The van der Waals surface area contributed by atoms with Crippen LogP contribution in [0.25, 0.3) is 0 Å². The van der Waals surface area contributed by atoms with Gasteiger partial charge >= 0.3 is 6.43 Å². The first kappa shape index (κ1) is 10.8. The van der Waals surface area contributed by atoms with Gasteiger partial charge in [0, 0.05) is 12.7 Å². The number of alkyl halides is 2. The molecule has 0 amide bonds. The number of Topliss-reactive ketones (excluding diaryl/α,β-unsaturated/α-hetero) is 1. The average molecular weight is 200 g/mol. The van der Waals surface area contributed by atoms with Gasteiger partial charge in [-0.3, -0.25) is 4.79 Å². The molecule has 1 rings (SSSR count). The Labute approximate surface area is 80.5 Å². The van der Waals surface area contributed by atoms with Gasteiger partial charge in [0.05, 0.1) is 6.61 Å². The molecule has 4 heteroatoms. The Morgan fingerprint density at radius 2 is 1.93 bits per heavy atom. The molecule has 0 bridgehead atoms. The Hall–Kier alpha value is -1.29. The van der Waals surface area contributed by atoms with Crippen molar-refractivity contribution >= 4 is 5.78 Å². The van der Waals surface area contributed by atoms with Crippen molar-refractivity contribution in [3.05, 3.63) is 35.4 Å². The minimum atomic E-state index is -2.94. The standard InChI is InChI=1S/C10H10F2O2/c1-14-6-7-2-4-8(5-3-7)9(13)10(11)12/h2-5,10H,6H2,1H3. The molecule has 0 N–H and O–H groups in total. The Morgan fingerprint density at radius 3 is 2.36 bits per heavy atom. The maximum atomic E-state index is 12.0. The molecule has 76 valence electrons. The summed E-state index contributed by atoms with van der Waals surface area (Å²) in [6.07, 6.45) is -2.94. The van der Waals surface area contributed by atoms with Crippen LogP contribution in [0.4, 0.5) is 8.78 Å². The maximum absolute atomic E-state index is 12.0. The molecule has 0 saturated carbocycles. The Balaban J connectivity index is 2.78. The zero-order chi connectivity index (χ0) is 10.6. The smallest absolute Gasteiger partial charge is 0.300 e. The number of ketones is 1. The predicted octanol–water partition coefficient (Wildman–Crippen LogP) is 2.28. The first-order chi connectivity index (χ1) is 6.65. The van der Waals surface area contributed by atoms with Crippen LogP contribution < -0.4 is 0 Å². The van der Waals surface area contributed by atoms with Gasteiger partial charge in [-0.05, 0) is 5.56 Å². The van der Waals surface area contributed by atoms with E-state index in [2.05, 4.69) is 0 Å². The zero-order valence-electron chi connectivity index (χ0n) is 7.67. The van der Waals surface area contributed by atoms with E-state index in [1.54, 1.807) is 12.1 Å². The highest BCUT2D eigenvalue weighted by Gasteiger charge is 2.16. The lowest BCUT2D eigenvalue weighted by Crippen LogP contribution is -2.09. The van der Waals surface area contributed by atoms with Gasteiger partial charge in [0.1, 0.15) is 0 Å². The van der Waals surface area contributed by atoms with Gasteiger partial charge in [-0.1, -0.05) is 24.3 Å². The van der Waals surface area contributed by atoms with Crippen molar-refractivity contribution in [1.82, 2.24) is 0 Å². The SMILES string of the molecule is COCc1ccc(C(=O)C(F)F)cc1. The predicted molar refractivity (Wildman–Crippen MR) is 47.5 cm³/mol. The van der Waals surface area contributed by atoms with Crippen LogP contribution in [0.1, 0.15) is 15.9 Å². The van der Waals surface area contributed by atoms with Crippen LogP contribution >= 0.6 is 0 Å². The largest absolute Gasteiger partial charge is 0.380 e. The maximum Gasteiger partial charge on any atom is 0.300 e. The highest BCUT2D eigenvalue weighted by molar-refractivity contribution is 5.98. The highest BCUT2D eigenvalue weighted by atomic mass is 19.3. The van der Waals surface area contributed by atoms with Crippen molar-refractivity contribution in [2.45, 2.75) is 13.0 Å². The normalized spacial score (nSPS) is 10.6. The van der Waals surface area contributed by atoms with Crippen molar-refractivity contribution in [3.8, 4) is 0 Å². The van der Waals surface area contributed by atoms with E-state index in [0.29, 0.717) is 6.61 Å². The van der Waals surface area contributed by atoms with E-state index < -0.39 is 12.2 Å². The van der Waals surface area contributed by atoms with Crippen molar-refractivity contribution < 1.29 is 18.3 Å². The van der Waals surface area contributed by atoms with E-state index in [-0.39, 0.29) is 5.56 Å². The van der Waals surface area contributed by atoms with Gasteiger partial charge in [-0.25, -0.2) is 8.78 Å². The third kappa shape index (κ3) is 2.60. The third-order valence-corrected chi connectivity index (χ3v) is 1.75. The minimum absolute atomic E-state index is 0.0276. The molecular formula is C10H10F2O2. The summed E-state index contributed by atoms with van der Waals surface area (Å²) >= 11 is 0. The summed E-state index contributed by atoms with van der Waals surface area (Å²) in [5, 5.41) is 0. The molecule has 0 aliphatic rings. The lowest BCUT2D eigenvalue weighted by atomic mass is 10.1. The summed E-state index contributed by atoms with van der Waals surface area (Å²) in [6, 6.07) is 5.95. The number of hydrogen-bond acceptors (Lipinski definition) is 2. The molecule has 0 fully saturated rings. The molecule has 0 unspecified atom stereocenters. The van der Waals surface area contributed by atoms with Crippen LogP contribution in [0.3, 0.4) is 0 Å². The van der Waals surface area contributed by atoms with Crippen molar-refractivity contribution in [2.75, 3.05) is 7.11 Å². The van der Waals surface area contributed by atoms with Crippen LogP contribution in [0.15, 0.2) is 24.3 Å². The van der Waals surface area contributed by atoms with Crippen LogP contribution in [-0.4, -0.2) is 19.3 Å². The molecule has 0 atom stereocenters. The zero-order valence-corrected chi connectivity index (χ0v) is 7.67. The van der Waals surface area contributed by atoms with E-state index in [9.17, 15) is 13.6 Å². The van der Waals surface area contributed by atoms with Crippen LogP contribution in [0, 0.1) is 0 Å². The number of hydrogen-bond donors (Lipinski definition) is 0. The number of rotatable bonds is 4. The molecule has 1 aromatic rings. The molecule has 0 spiro atoms. The Bertz CT molecular complexity index is 306. The van der Waals surface area contributed by atoms with Crippen molar-refractivity contribution in [2.24, 2.45) is 0 Å². The molecule has 0 aromatic heterocycles. The fraction of sp³-hybridized carbons (Fsp3) is 0.300. The van der Waals surface area contributed by atoms with E-state index in [4.69, 9.17) is 4.74 Å². The van der Waals surface area contributed by atoms with Gasteiger partial charge in [0.2, 0.25) is 5.78 Å². The summed E-state index contributed by atoms with van der Waals surface area (Å²) in [5.41, 5.74) is 0.873. The minimum Gasteiger partial charge on any atom is -0.380 e. The van der Waals surface area contributed by atoms with Crippen molar-refractivity contribution in [3.63, 3.8) is 0 Å². The van der Waals surface area contributed by atoms with Gasteiger partial charge in [-0.15, -0.1) is 0 Å². The second-order valence-corrected chi connectivity index (χ2v) is 2.79. The second kappa shape index (κ2) is 4.81. The molecule has 0 aliphatic heterocycles. The fourth-order valence-corrected chi connectivity index (χ4v) is 1.06. The van der Waals surface area contributed by atoms with E-state index in [1.807, 2.05) is 0 Å². The summed E-state index contributed by atoms with van der Waals surface area (Å²) in [5.74, 6) is -1.14. The summed E-state index contributed by atoms with van der Waals surface area (Å²) < 4.78 is 28.8. The van der Waals surface area contributed by atoms with Crippen LogP contribution in [-0.2, 0) is 11.3 Å². The quantitative estimate of drug-likeness (QED) is 0.697. The lowest BCUT2D eigenvalue weighted by Gasteiger charge is -2.01. The molecule has 1 aromatic carbocycles. The molecule has 14 heavy (non-hydrogen) atoms. The molecular weight excluding hydrogens is 190 g/mol. The van der Waals surface area contributed by atoms with Crippen LogP contribution in [0.5, 0.6) is 0 Å². The number of carbonyl (C=O) groups excluding carboxylic acids is 1. The van der Waals surface area contributed by atoms with E-state index in [0.717, 1.165) is 5.56 Å². The number of methoxy groups -OCH3 is 1. The van der Waals surface area contributed by atoms with Gasteiger partial charge in [0.25, 0.3) is 0 Å². The fourth-order valence-electron chi connectivity index (χ4n) is 1.06. The molecule has 0 saturated heterocycles. The Morgan fingerprint density at radius 1 is 1.36 bits per heavy atom. The first-order valence-electron chi connectivity index (χ1n) is 4.05. The molecule has 0 radical (unpaired) electrons. The van der Waals surface area contributed by atoms with Crippen LogP contribution in [0.2, 0.25) is 0 Å². The first-order valence-corrected chi connectivity index (χ1v) is 4.05. The number of halogens is 2.